The first-order valence-electron chi connectivity index (χ1n) is 4.35. The molecule has 0 fully saturated rings. The average molecular weight is 170 g/mol. The highest BCUT2D eigenvalue weighted by Gasteiger charge is 2.19. The Balaban J connectivity index is 3.86. The number of allylic oxidation sites excluding steroid dienone is 2. The van der Waals surface area contributed by atoms with Crippen LogP contribution in [0.1, 0.15) is 40.0 Å². The van der Waals surface area contributed by atoms with Crippen LogP contribution >= 0.6 is 0 Å². The van der Waals surface area contributed by atoms with Gasteiger partial charge in [0.25, 0.3) is 0 Å². The third kappa shape index (κ3) is 5.96. The highest BCUT2D eigenvalue weighted by Crippen LogP contribution is 2.25. The number of rotatable bonds is 5. The summed E-state index contributed by atoms with van der Waals surface area (Å²) < 4.78 is 0. The molecule has 0 radical (unpaired) electrons. The number of carbonyl (C=O) groups is 1. The first-order valence-corrected chi connectivity index (χ1v) is 4.35. The highest BCUT2D eigenvalue weighted by molar-refractivity contribution is 5.67. The van der Waals surface area contributed by atoms with E-state index in [0.29, 0.717) is 0 Å². The van der Waals surface area contributed by atoms with Crippen LogP contribution in [-0.4, -0.2) is 11.1 Å². The number of carboxylic acid groups (broad SMARTS) is 1. The standard InChI is InChI=1S/C10H18O2/c1-4-5-6-7-10(2,3)8-9(11)12/h5-6H,4,7-8H2,1-3H3,(H,11,12)/b6-5+. The molecule has 0 aromatic heterocycles. The van der Waals surface area contributed by atoms with Gasteiger partial charge in [-0.1, -0.05) is 32.9 Å². The summed E-state index contributed by atoms with van der Waals surface area (Å²) in [5.41, 5.74) is -0.114. The molecule has 0 unspecified atom stereocenters. The summed E-state index contributed by atoms with van der Waals surface area (Å²) in [6.45, 7) is 6.02. The Morgan fingerprint density at radius 1 is 1.42 bits per heavy atom. The molecule has 0 atom stereocenters. The minimum absolute atomic E-state index is 0.114. The molecule has 0 amide bonds. The molecule has 0 aromatic carbocycles. The van der Waals surface area contributed by atoms with Crippen molar-refractivity contribution in [1.82, 2.24) is 0 Å². The first-order chi connectivity index (χ1) is 5.48. The van der Waals surface area contributed by atoms with E-state index in [0.717, 1.165) is 12.8 Å². The predicted octanol–water partition coefficient (Wildman–Crippen LogP) is 2.84. The number of aliphatic carboxylic acids is 1. The smallest absolute Gasteiger partial charge is 0.303 e. The Bertz CT molecular complexity index is 169. The van der Waals surface area contributed by atoms with Crippen molar-refractivity contribution in [2.45, 2.75) is 40.0 Å². The molecule has 0 bridgehead atoms. The minimum atomic E-state index is -0.718. The van der Waals surface area contributed by atoms with Gasteiger partial charge in [0, 0.05) is 0 Å². The first kappa shape index (κ1) is 11.2. The molecule has 2 heteroatoms. The van der Waals surface area contributed by atoms with Crippen LogP contribution in [0.2, 0.25) is 0 Å². The lowest BCUT2D eigenvalue weighted by Crippen LogP contribution is -2.15. The fourth-order valence-electron chi connectivity index (χ4n) is 1.05. The minimum Gasteiger partial charge on any atom is -0.481 e. The number of carboxylic acids is 1. The van der Waals surface area contributed by atoms with E-state index < -0.39 is 5.97 Å². The third-order valence-electron chi connectivity index (χ3n) is 1.70. The van der Waals surface area contributed by atoms with Crippen molar-refractivity contribution in [1.29, 1.82) is 0 Å². The zero-order valence-corrected chi connectivity index (χ0v) is 8.13. The van der Waals surface area contributed by atoms with Crippen molar-refractivity contribution in [3.8, 4) is 0 Å². The van der Waals surface area contributed by atoms with Gasteiger partial charge in [-0.3, -0.25) is 4.79 Å². The Kier molecular flexibility index (Phi) is 4.64. The van der Waals surface area contributed by atoms with Crippen LogP contribution in [0.4, 0.5) is 0 Å². The largest absolute Gasteiger partial charge is 0.481 e. The fourth-order valence-corrected chi connectivity index (χ4v) is 1.05. The Hall–Kier alpha value is -0.790. The van der Waals surface area contributed by atoms with Crippen LogP contribution in [0.5, 0.6) is 0 Å². The summed E-state index contributed by atoms with van der Waals surface area (Å²) in [4.78, 5) is 10.4. The molecular weight excluding hydrogens is 152 g/mol. The van der Waals surface area contributed by atoms with Crippen LogP contribution in [0, 0.1) is 5.41 Å². The Morgan fingerprint density at radius 2 is 2.00 bits per heavy atom. The van der Waals surface area contributed by atoms with Gasteiger partial charge in [0.15, 0.2) is 0 Å². The molecule has 0 heterocycles. The fraction of sp³-hybridized carbons (Fsp3) is 0.700. The maximum Gasteiger partial charge on any atom is 0.303 e. The van der Waals surface area contributed by atoms with Gasteiger partial charge in [-0.25, -0.2) is 0 Å². The lowest BCUT2D eigenvalue weighted by Gasteiger charge is -2.19. The van der Waals surface area contributed by atoms with Crippen molar-refractivity contribution in [2.24, 2.45) is 5.41 Å². The van der Waals surface area contributed by atoms with Crippen molar-refractivity contribution < 1.29 is 9.90 Å². The van der Waals surface area contributed by atoms with E-state index in [1.165, 1.54) is 0 Å². The van der Waals surface area contributed by atoms with Gasteiger partial charge in [0.1, 0.15) is 0 Å². The molecule has 12 heavy (non-hydrogen) atoms. The van der Waals surface area contributed by atoms with Crippen LogP contribution < -0.4 is 0 Å². The van der Waals surface area contributed by atoms with Crippen LogP contribution in [0.25, 0.3) is 0 Å². The summed E-state index contributed by atoms with van der Waals surface area (Å²) in [7, 11) is 0. The number of hydrogen-bond acceptors (Lipinski definition) is 1. The Morgan fingerprint density at radius 3 is 2.42 bits per heavy atom. The van der Waals surface area contributed by atoms with Gasteiger partial charge in [0.05, 0.1) is 6.42 Å². The maximum absolute atomic E-state index is 10.4. The van der Waals surface area contributed by atoms with Crippen LogP contribution in [0.15, 0.2) is 12.2 Å². The summed E-state index contributed by atoms with van der Waals surface area (Å²) >= 11 is 0. The van der Waals surface area contributed by atoms with Crippen molar-refractivity contribution >= 4 is 5.97 Å². The zero-order valence-electron chi connectivity index (χ0n) is 8.13. The second kappa shape index (κ2) is 4.96. The Labute approximate surface area is 74.3 Å². The average Bonchev–Trinajstić information content (AvgIpc) is 1.84. The van der Waals surface area contributed by atoms with Gasteiger partial charge >= 0.3 is 5.97 Å². The summed E-state index contributed by atoms with van der Waals surface area (Å²) in [5, 5.41) is 8.58. The van der Waals surface area contributed by atoms with E-state index >= 15 is 0 Å². The van der Waals surface area contributed by atoms with E-state index in [1.54, 1.807) is 0 Å². The SMILES string of the molecule is CC/C=C/CC(C)(C)CC(=O)O. The van der Waals surface area contributed by atoms with Gasteiger partial charge in [-0.2, -0.15) is 0 Å². The molecule has 0 aliphatic rings. The van der Waals surface area contributed by atoms with E-state index in [9.17, 15) is 4.79 Å². The van der Waals surface area contributed by atoms with Gasteiger partial charge in [-0.15, -0.1) is 0 Å². The molecule has 1 N–H and O–H groups in total. The summed E-state index contributed by atoms with van der Waals surface area (Å²) in [6, 6.07) is 0. The monoisotopic (exact) mass is 170 g/mol. The second-order valence-corrected chi connectivity index (χ2v) is 3.82. The lowest BCUT2D eigenvalue weighted by atomic mass is 9.85. The van der Waals surface area contributed by atoms with Gasteiger partial charge in [-0.05, 0) is 18.3 Å². The molecule has 0 aliphatic carbocycles. The van der Waals surface area contributed by atoms with Crippen LogP contribution in [-0.2, 0) is 4.79 Å². The topological polar surface area (TPSA) is 37.3 Å². The van der Waals surface area contributed by atoms with Gasteiger partial charge in [0.2, 0.25) is 0 Å². The quantitative estimate of drug-likeness (QED) is 0.644. The second-order valence-electron chi connectivity index (χ2n) is 3.82. The molecule has 0 aliphatic heterocycles. The molecule has 0 saturated heterocycles. The lowest BCUT2D eigenvalue weighted by molar-refractivity contribution is -0.139. The molecule has 70 valence electrons. The van der Waals surface area contributed by atoms with E-state index in [4.69, 9.17) is 5.11 Å². The number of hydrogen-bond donors (Lipinski definition) is 1. The van der Waals surface area contributed by atoms with E-state index in [1.807, 2.05) is 13.8 Å². The maximum atomic E-state index is 10.4. The molecule has 0 aromatic rings. The van der Waals surface area contributed by atoms with Crippen LogP contribution in [0.3, 0.4) is 0 Å². The van der Waals surface area contributed by atoms with Gasteiger partial charge < -0.3 is 5.11 Å². The summed E-state index contributed by atoms with van der Waals surface area (Å²) in [6.07, 6.45) is 6.23. The molecule has 0 rings (SSSR count). The third-order valence-corrected chi connectivity index (χ3v) is 1.70. The van der Waals surface area contributed by atoms with Crippen molar-refractivity contribution in [3.05, 3.63) is 12.2 Å². The predicted molar refractivity (Wildman–Crippen MR) is 50.1 cm³/mol. The van der Waals surface area contributed by atoms with Crippen molar-refractivity contribution in [3.63, 3.8) is 0 Å². The molecular formula is C10H18O2. The zero-order chi connectivity index (χ0) is 9.61. The normalized spacial score (nSPS) is 12.2. The molecule has 0 spiro atoms. The highest BCUT2D eigenvalue weighted by atomic mass is 16.4. The van der Waals surface area contributed by atoms with Crippen molar-refractivity contribution in [2.75, 3.05) is 0 Å². The van der Waals surface area contributed by atoms with E-state index in [-0.39, 0.29) is 11.8 Å². The summed E-state index contributed by atoms with van der Waals surface area (Å²) in [5.74, 6) is -0.718. The molecule has 2 nitrogen and oxygen atoms in total. The molecule has 0 saturated carbocycles. The van der Waals surface area contributed by atoms with E-state index in [2.05, 4.69) is 19.1 Å².